The van der Waals surface area contributed by atoms with Gasteiger partial charge in [-0.1, -0.05) is 0 Å². The highest BCUT2D eigenvalue weighted by molar-refractivity contribution is 7.61. The number of nitrogens with one attached hydrogen (secondary N) is 1. The third-order valence-corrected chi connectivity index (χ3v) is 8.05. The van der Waals surface area contributed by atoms with Crippen LogP contribution in [-0.4, -0.2) is 112 Å². The van der Waals surface area contributed by atoms with Crippen molar-refractivity contribution in [2.24, 2.45) is 0 Å². The maximum Gasteiger partial charge on any atom is 0.483 e. The summed E-state index contributed by atoms with van der Waals surface area (Å²) in [7, 11) is -11.1. The van der Waals surface area contributed by atoms with E-state index in [1.54, 1.807) is 0 Å². The lowest BCUT2D eigenvalue weighted by molar-refractivity contribution is -0.280. The highest BCUT2D eigenvalue weighted by Crippen LogP contribution is 2.61. The number of phosphoric ester groups is 2. The Morgan fingerprint density at radius 1 is 0.946 bits per heavy atom. The van der Waals surface area contributed by atoms with Crippen molar-refractivity contribution < 1.29 is 72.4 Å². The van der Waals surface area contributed by atoms with E-state index >= 15 is 0 Å². The monoisotopic (exact) mass is 580 g/mol. The van der Waals surface area contributed by atoms with Gasteiger partial charge in [0.25, 0.3) is 5.56 Å². The molecule has 0 aliphatic carbocycles. The molecule has 212 valence electrons. The van der Waals surface area contributed by atoms with E-state index in [0.29, 0.717) is 0 Å². The van der Waals surface area contributed by atoms with Gasteiger partial charge < -0.3 is 49.9 Å². The summed E-state index contributed by atoms with van der Waals surface area (Å²) in [6.45, 7) is -0.574. The van der Waals surface area contributed by atoms with E-state index in [2.05, 4.69) is 13.4 Å². The number of aryl methyl sites for hydroxylation is 1. The molecule has 0 bridgehead atoms. The Labute approximate surface area is 206 Å². The molecule has 2 aliphatic heterocycles. The van der Waals surface area contributed by atoms with Crippen molar-refractivity contribution in [2.75, 3.05) is 13.2 Å². The largest absolute Gasteiger partial charge is 0.483 e. The first-order valence-electron chi connectivity index (χ1n) is 10.4. The second-order valence-corrected chi connectivity index (χ2v) is 11.1. The fourth-order valence-electron chi connectivity index (χ4n) is 3.50. The normalized spacial score (nSPS) is 37.7. The van der Waals surface area contributed by atoms with E-state index in [9.17, 15) is 54.0 Å². The molecule has 1 aromatic heterocycles. The molecule has 2 aliphatic rings. The van der Waals surface area contributed by atoms with E-state index in [0.717, 1.165) is 10.8 Å². The number of aromatic amines is 1. The van der Waals surface area contributed by atoms with Crippen molar-refractivity contribution in [3.05, 3.63) is 32.6 Å². The first-order chi connectivity index (χ1) is 17.1. The number of hydrogen-bond donors (Lipinski definition) is 9. The second-order valence-electron chi connectivity index (χ2n) is 8.14. The maximum atomic E-state index is 12.2. The van der Waals surface area contributed by atoms with Gasteiger partial charge in [0.05, 0.1) is 13.2 Å². The standard InChI is InChI=1S/C16H26N2O17P2/c1-5-2-18(16(26)17-13(5)25)14-11(23)9(21)7(32-14)4-31-36(27,28)35-37(29,30)34-15-12(24)10(22)8(20)6(3-19)33-15/h2,6-12,14-15,19-24H,3-4H2,1H3,(H,27,28)(H,29,30)(H,17,25,26)/t6?,7-,8+,9?,10+,11+,12?,14-,15-/m1/s1. The summed E-state index contributed by atoms with van der Waals surface area (Å²) in [5, 5.41) is 58.8. The number of ether oxygens (including phenoxy) is 2. The van der Waals surface area contributed by atoms with Crippen LogP contribution in [0.4, 0.5) is 0 Å². The molecule has 3 heterocycles. The number of aliphatic hydroxyl groups is 6. The Hall–Kier alpha value is -1.38. The average Bonchev–Trinajstić information content (AvgIpc) is 3.08. The zero-order valence-electron chi connectivity index (χ0n) is 18.8. The molecular weight excluding hydrogens is 554 g/mol. The Morgan fingerprint density at radius 3 is 2.19 bits per heavy atom. The second kappa shape index (κ2) is 11.4. The summed E-state index contributed by atoms with van der Waals surface area (Å²) in [5.41, 5.74) is -1.63. The Bertz CT molecular complexity index is 1170. The molecule has 0 radical (unpaired) electrons. The van der Waals surface area contributed by atoms with E-state index in [-0.39, 0.29) is 5.56 Å². The van der Waals surface area contributed by atoms with Crippen LogP contribution in [0.2, 0.25) is 0 Å². The lowest BCUT2D eigenvalue weighted by atomic mass is 10.00. The lowest BCUT2D eigenvalue weighted by Gasteiger charge is -2.39. The minimum atomic E-state index is -5.60. The highest BCUT2D eigenvalue weighted by Gasteiger charge is 2.49. The summed E-state index contributed by atoms with van der Waals surface area (Å²) in [4.78, 5) is 45.1. The quantitative estimate of drug-likeness (QED) is 0.124. The predicted molar refractivity (Wildman–Crippen MR) is 114 cm³/mol. The minimum absolute atomic E-state index is 0.0657. The molecule has 0 aromatic carbocycles. The molecular formula is C16H26N2O17P2. The minimum Gasteiger partial charge on any atom is -0.394 e. The lowest BCUT2D eigenvalue weighted by Crippen LogP contribution is -2.58. The molecule has 21 heteroatoms. The van der Waals surface area contributed by atoms with Gasteiger partial charge in [-0.2, -0.15) is 4.31 Å². The van der Waals surface area contributed by atoms with Gasteiger partial charge in [-0.15, -0.1) is 0 Å². The van der Waals surface area contributed by atoms with E-state index in [1.807, 2.05) is 4.98 Å². The van der Waals surface area contributed by atoms with Crippen LogP contribution in [0, 0.1) is 6.92 Å². The van der Waals surface area contributed by atoms with Gasteiger partial charge in [0.2, 0.25) is 0 Å². The van der Waals surface area contributed by atoms with E-state index < -0.39 is 95.4 Å². The Morgan fingerprint density at radius 2 is 1.57 bits per heavy atom. The van der Waals surface area contributed by atoms with Crippen LogP contribution in [0.15, 0.2) is 15.8 Å². The van der Waals surface area contributed by atoms with Gasteiger partial charge in [-0.3, -0.25) is 23.4 Å². The molecule has 0 saturated carbocycles. The molecule has 2 fully saturated rings. The van der Waals surface area contributed by atoms with Crippen molar-refractivity contribution in [3.8, 4) is 0 Å². The van der Waals surface area contributed by atoms with Crippen molar-refractivity contribution in [2.45, 2.75) is 62.2 Å². The first kappa shape index (κ1) is 30.2. The van der Waals surface area contributed by atoms with Crippen molar-refractivity contribution in [1.82, 2.24) is 9.55 Å². The first-order valence-corrected chi connectivity index (χ1v) is 13.4. The smallest absolute Gasteiger partial charge is 0.394 e. The van der Waals surface area contributed by atoms with Crippen LogP contribution in [0.1, 0.15) is 11.8 Å². The topological polar surface area (TPSA) is 297 Å². The number of hydrogen-bond acceptors (Lipinski definition) is 15. The number of aromatic nitrogens is 2. The van der Waals surface area contributed by atoms with Crippen molar-refractivity contribution >= 4 is 15.6 Å². The van der Waals surface area contributed by atoms with Crippen molar-refractivity contribution in [1.29, 1.82) is 0 Å². The summed E-state index contributed by atoms with van der Waals surface area (Å²) >= 11 is 0. The molecule has 19 nitrogen and oxygen atoms in total. The molecule has 1 aromatic rings. The summed E-state index contributed by atoms with van der Waals surface area (Å²) < 4.78 is 48.3. The molecule has 0 amide bonds. The van der Waals surface area contributed by atoms with Crippen LogP contribution in [-0.2, 0) is 32.0 Å². The van der Waals surface area contributed by atoms with Crippen LogP contribution < -0.4 is 11.2 Å². The maximum absolute atomic E-state index is 12.2. The number of nitrogens with zero attached hydrogens (tertiary/aromatic N) is 1. The summed E-state index contributed by atoms with van der Waals surface area (Å²) in [6.07, 6.45) is -15.3. The van der Waals surface area contributed by atoms with E-state index in [1.165, 1.54) is 6.92 Å². The van der Waals surface area contributed by atoms with E-state index in [4.69, 9.17) is 14.6 Å². The molecule has 0 spiro atoms. The third-order valence-electron chi connectivity index (χ3n) is 5.45. The van der Waals surface area contributed by atoms with Crippen LogP contribution >= 0.6 is 15.6 Å². The molecule has 3 rings (SSSR count). The molecule has 2 saturated heterocycles. The Kier molecular flexibility index (Phi) is 9.28. The number of H-pyrrole nitrogens is 1. The SMILES string of the molecule is Cc1cn([C@@H]2O[C@H](COP(=O)(O)OP(=O)(O)O[C@H]3OC(CO)[C@H](O)[C@H](O)C3O)C(O)[C@@H]2O)c(=O)[nH]c1=O. The number of aliphatic hydroxyl groups excluding tert-OH is 6. The highest BCUT2D eigenvalue weighted by atomic mass is 31.3. The van der Waals surface area contributed by atoms with Gasteiger partial charge in [0.1, 0.15) is 42.7 Å². The summed E-state index contributed by atoms with van der Waals surface area (Å²) in [6, 6.07) is 0. The van der Waals surface area contributed by atoms with Gasteiger partial charge in [-0.05, 0) is 6.92 Å². The van der Waals surface area contributed by atoms with Gasteiger partial charge >= 0.3 is 21.3 Å². The number of phosphoric acid groups is 2. The Balaban J connectivity index is 1.63. The molecule has 11 atom stereocenters. The molecule has 5 unspecified atom stereocenters. The molecule has 37 heavy (non-hydrogen) atoms. The van der Waals surface area contributed by atoms with Gasteiger partial charge in [0.15, 0.2) is 12.5 Å². The van der Waals surface area contributed by atoms with Crippen LogP contribution in [0.25, 0.3) is 0 Å². The summed E-state index contributed by atoms with van der Waals surface area (Å²) in [5.74, 6) is 0. The van der Waals surface area contributed by atoms with Gasteiger partial charge in [-0.25, -0.2) is 13.9 Å². The number of rotatable bonds is 9. The third kappa shape index (κ3) is 6.80. The van der Waals surface area contributed by atoms with Crippen LogP contribution in [0.5, 0.6) is 0 Å². The van der Waals surface area contributed by atoms with Crippen molar-refractivity contribution in [3.63, 3.8) is 0 Å². The zero-order chi connectivity index (χ0) is 27.9. The molecule has 9 N–H and O–H groups in total. The predicted octanol–water partition coefficient (Wildman–Crippen LogP) is -4.49. The average molecular weight is 580 g/mol. The zero-order valence-corrected chi connectivity index (χ0v) is 20.6. The fraction of sp³-hybridized carbons (Fsp3) is 0.750. The fourth-order valence-corrected chi connectivity index (χ4v) is 5.66. The van der Waals surface area contributed by atoms with Crippen LogP contribution in [0.3, 0.4) is 0 Å². The van der Waals surface area contributed by atoms with Gasteiger partial charge in [0, 0.05) is 11.8 Å².